The number of hydrogen-bond donors (Lipinski definition) is 1. The fourth-order valence-electron chi connectivity index (χ4n) is 1.68. The van der Waals surface area contributed by atoms with E-state index in [1.54, 1.807) is 19.2 Å². The highest BCUT2D eigenvalue weighted by Gasteiger charge is 2.03. The van der Waals surface area contributed by atoms with Crippen molar-refractivity contribution in [2.45, 2.75) is 13.5 Å². The number of nitrogens with one attached hydrogen (secondary N) is 1. The lowest BCUT2D eigenvalue weighted by Crippen LogP contribution is -2.02. The number of nitrogens with zero attached hydrogens (tertiary/aromatic N) is 1. The monoisotopic (exact) mass is 296 g/mol. The van der Waals surface area contributed by atoms with Crippen LogP contribution >= 0.6 is 23.2 Å². The quantitative estimate of drug-likeness (QED) is 0.853. The Kier molecular flexibility index (Phi) is 4.51. The molecule has 1 aromatic carbocycles. The largest absolute Gasteiger partial charge is 0.496 e. The summed E-state index contributed by atoms with van der Waals surface area (Å²) in [6.45, 7) is 2.65. The second kappa shape index (κ2) is 6.13. The van der Waals surface area contributed by atoms with E-state index in [1.807, 2.05) is 25.1 Å². The van der Waals surface area contributed by atoms with Crippen molar-refractivity contribution in [1.82, 2.24) is 4.98 Å². The van der Waals surface area contributed by atoms with Gasteiger partial charge in [0.2, 0.25) is 0 Å². The molecule has 0 saturated carbocycles. The van der Waals surface area contributed by atoms with E-state index in [-0.39, 0.29) is 0 Å². The molecule has 2 aromatic rings. The standard InChI is InChI=1S/C14H14Cl2N2O/c1-9-3-4-10(7-12(9)19-2)8-17-13-6-5-11(15)14(16)18-13/h3-7H,8H2,1-2H3,(H,17,18). The van der Waals surface area contributed by atoms with Crippen LogP contribution in [0.2, 0.25) is 10.2 Å². The summed E-state index contributed by atoms with van der Waals surface area (Å²) in [7, 11) is 1.67. The van der Waals surface area contributed by atoms with E-state index in [2.05, 4.69) is 10.3 Å². The summed E-state index contributed by atoms with van der Waals surface area (Å²) in [6.07, 6.45) is 0. The van der Waals surface area contributed by atoms with Crippen LogP contribution in [0.25, 0.3) is 0 Å². The maximum atomic E-state index is 5.86. The molecule has 0 aliphatic heterocycles. The maximum absolute atomic E-state index is 5.86. The lowest BCUT2D eigenvalue weighted by atomic mass is 10.1. The van der Waals surface area contributed by atoms with Crippen LogP contribution in [0.1, 0.15) is 11.1 Å². The Hall–Kier alpha value is -1.45. The van der Waals surface area contributed by atoms with Crippen LogP contribution in [0.3, 0.4) is 0 Å². The highest BCUT2D eigenvalue weighted by Crippen LogP contribution is 2.22. The summed E-state index contributed by atoms with van der Waals surface area (Å²) in [6, 6.07) is 9.58. The summed E-state index contributed by atoms with van der Waals surface area (Å²) >= 11 is 11.7. The van der Waals surface area contributed by atoms with Gasteiger partial charge in [-0.05, 0) is 36.2 Å². The van der Waals surface area contributed by atoms with Gasteiger partial charge in [-0.15, -0.1) is 0 Å². The van der Waals surface area contributed by atoms with Crippen LogP contribution in [0.5, 0.6) is 5.75 Å². The zero-order chi connectivity index (χ0) is 13.8. The second-order valence-corrected chi connectivity index (χ2v) is 4.89. The van der Waals surface area contributed by atoms with E-state index in [1.165, 1.54) is 0 Å². The van der Waals surface area contributed by atoms with Gasteiger partial charge in [-0.25, -0.2) is 4.98 Å². The molecular formula is C14H14Cl2N2O. The fourth-order valence-corrected chi connectivity index (χ4v) is 1.94. The molecule has 0 bridgehead atoms. The van der Waals surface area contributed by atoms with Gasteiger partial charge in [0.05, 0.1) is 12.1 Å². The van der Waals surface area contributed by atoms with Gasteiger partial charge in [-0.1, -0.05) is 35.3 Å². The van der Waals surface area contributed by atoms with E-state index < -0.39 is 0 Å². The van der Waals surface area contributed by atoms with Crippen molar-refractivity contribution < 1.29 is 4.74 Å². The summed E-state index contributed by atoms with van der Waals surface area (Å²) in [5, 5.41) is 3.94. The smallest absolute Gasteiger partial charge is 0.150 e. The molecular weight excluding hydrogens is 283 g/mol. The number of hydrogen-bond acceptors (Lipinski definition) is 3. The Labute approximate surface area is 122 Å². The predicted octanol–water partition coefficient (Wildman–Crippen LogP) is 4.32. The molecule has 0 aliphatic carbocycles. The summed E-state index contributed by atoms with van der Waals surface area (Å²) in [5.41, 5.74) is 2.22. The third-order valence-corrected chi connectivity index (χ3v) is 3.44. The predicted molar refractivity (Wildman–Crippen MR) is 79.3 cm³/mol. The van der Waals surface area contributed by atoms with Gasteiger partial charge in [0, 0.05) is 6.54 Å². The van der Waals surface area contributed by atoms with Gasteiger partial charge >= 0.3 is 0 Å². The molecule has 2 rings (SSSR count). The Balaban J connectivity index is 2.07. The highest BCUT2D eigenvalue weighted by atomic mass is 35.5. The minimum Gasteiger partial charge on any atom is -0.496 e. The lowest BCUT2D eigenvalue weighted by Gasteiger charge is -2.09. The topological polar surface area (TPSA) is 34.1 Å². The number of aromatic nitrogens is 1. The van der Waals surface area contributed by atoms with Gasteiger partial charge in [-0.2, -0.15) is 0 Å². The molecule has 0 spiro atoms. The van der Waals surface area contributed by atoms with Crippen molar-refractivity contribution in [2.24, 2.45) is 0 Å². The number of aryl methyl sites for hydroxylation is 1. The van der Waals surface area contributed by atoms with E-state index >= 15 is 0 Å². The average molecular weight is 297 g/mol. The van der Waals surface area contributed by atoms with Crippen LogP contribution in [0, 0.1) is 6.92 Å². The molecule has 3 nitrogen and oxygen atoms in total. The number of anilines is 1. The lowest BCUT2D eigenvalue weighted by molar-refractivity contribution is 0.411. The van der Waals surface area contributed by atoms with Crippen LogP contribution < -0.4 is 10.1 Å². The van der Waals surface area contributed by atoms with E-state index in [4.69, 9.17) is 27.9 Å². The Morgan fingerprint density at radius 3 is 2.68 bits per heavy atom. The zero-order valence-electron chi connectivity index (χ0n) is 10.7. The van der Waals surface area contributed by atoms with E-state index in [0.29, 0.717) is 22.5 Å². The third kappa shape index (κ3) is 3.52. The Bertz CT molecular complexity index is 588. The molecule has 0 radical (unpaired) electrons. The van der Waals surface area contributed by atoms with Crippen molar-refractivity contribution in [1.29, 1.82) is 0 Å². The number of rotatable bonds is 4. The minimum absolute atomic E-state index is 0.299. The Morgan fingerprint density at radius 2 is 2.00 bits per heavy atom. The molecule has 1 heterocycles. The summed E-state index contributed by atoms with van der Waals surface area (Å²) < 4.78 is 5.29. The molecule has 0 unspecified atom stereocenters. The van der Waals surface area contributed by atoms with Gasteiger partial charge < -0.3 is 10.1 Å². The van der Waals surface area contributed by atoms with E-state index in [9.17, 15) is 0 Å². The van der Waals surface area contributed by atoms with Crippen LogP contribution in [0.4, 0.5) is 5.82 Å². The molecule has 0 aliphatic rings. The van der Waals surface area contributed by atoms with Crippen molar-refractivity contribution >= 4 is 29.0 Å². The average Bonchev–Trinajstić information content (AvgIpc) is 2.41. The molecule has 5 heteroatoms. The van der Waals surface area contributed by atoms with Gasteiger partial charge in [0.25, 0.3) is 0 Å². The first kappa shape index (κ1) is 14.0. The molecule has 0 amide bonds. The maximum Gasteiger partial charge on any atom is 0.150 e. The minimum atomic E-state index is 0.299. The van der Waals surface area contributed by atoms with E-state index in [0.717, 1.165) is 16.9 Å². The van der Waals surface area contributed by atoms with Crippen LogP contribution in [-0.4, -0.2) is 12.1 Å². The normalized spacial score (nSPS) is 10.3. The Morgan fingerprint density at radius 1 is 1.21 bits per heavy atom. The van der Waals surface area contributed by atoms with Gasteiger partial charge in [-0.3, -0.25) is 0 Å². The molecule has 1 N–H and O–H groups in total. The summed E-state index contributed by atoms with van der Waals surface area (Å²) in [4.78, 5) is 4.14. The molecule has 100 valence electrons. The summed E-state index contributed by atoms with van der Waals surface area (Å²) in [5.74, 6) is 1.57. The SMILES string of the molecule is COc1cc(CNc2ccc(Cl)c(Cl)n2)ccc1C. The van der Waals surface area contributed by atoms with Crippen molar-refractivity contribution in [2.75, 3.05) is 12.4 Å². The first-order chi connectivity index (χ1) is 9.10. The van der Waals surface area contributed by atoms with Crippen molar-refractivity contribution in [3.05, 3.63) is 51.6 Å². The highest BCUT2D eigenvalue weighted by molar-refractivity contribution is 6.41. The number of pyridine rings is 1. The molecule has 0 saturated heterocycles. The third-order valence-electron chi connectivity index (χ3n) is 2.75. The van der Waals surface area contributed by atoms with Gasteiger partial charge in [0.1, 0.15) is 16.7 Å². The van der Waals surface area contributed by atoms with Crippen molar-refractivity contribution in [3.8, 4) is 5.75 Å². The molecule has 19 heavy (non-hydrogen) atoms. The molecule has 0 atom stereocenters. The second-order valence-electron chi connectivity index (χ2n) is 4.13. The fraction of sp³-hybridized carbons (Fsp3) is 0.214. The first-order valence-corrected chi connectivity index (χ1v) is 6.55. The van der Waals surface area contributed by atoms with Gasteiger partial charge in [0.15, 0.2) is 0 Å². The molecule has 0 fully saturated rings. The van der Waals surface area contributed by atoms with Crippen molar-refractivity contribution in [3.63, 3.8) is 0 Å². The zero-order valence-corrected chi connectivity index (χ0v) is 12.2. The number of methoxy groups -OCH3 is 1. The molecule has 1 aromatic heterocycles. The van der Waals surface area contributed by atoms with Crippen LogP contribution in [0.15, 0.2) is 30.3 Å². The number of benzene rings is 1. The van der Waals surface area contributed by atoms with Crippen LogP contribution in [-0.2, 0) is 6.54 Å². The first-order valence-electron chi connectivity index (χ1n) is 5.79. The number of ether oxygens (including phenoxy) is 1. The number of halogens is 2.